The average molecular weight is 295 g/mol. The van der Waals surface area contributed by atoms with Crippen molar-refractivity contribution >= 4 is 23.2 Å². The molecule has 2 aromatic rings. The van der Waals surface area contributed by atoms with E-state index in [-0.39, 0.29) is 5.69 Å². The largest absolute Gasteiger partial charge is 0.479 e. The predicted molar refractivity (Wildman–Crippen MR) is 69.8 cm³/mol. The summed E-state index contributed by atoms with van der Waals surface area (Å²) in [4.78, 5) is 49.6. The molecule has 1 unspecified atom stereocenters. The van der Waals surface area contributed by atoms with Crippen LogP contribution in [0.2, 0.25) is 0 Å². The fourth-order valence-electron chi connectivity index (χ4n) is 1.51. The van der Waals surface area contributed by atoms with Crippen molar-refractivity contribution in [2.24, 2.45) is 0 Å². The Morgan fingerprint density at radius 3 is 2.60 bits per heavy atom. The lowest BCUT2D eigenvalue weighted by Crippen LogP contribution is -2.36. The molecule has 2 aromatic heterocycles. The molecule has 2 heterocycles. The van der Waals surface area contributed by atoms with Crippen LogP contribution in [0.5, 0.6) is 0 Å². The van der Waals surface area contributed by atoms with Gasteiger partial charge in [0, 0.05) is 10.9 Å². The van der Waals surface area contributed by atoms with Gasteiger partial charge in [0.25, 0.3) is 11.5 Å². The van der Waals surface area contributed by atoms with Crippen LogP contribution in [0.4, 0.5) is 0 Å². The minimum Gasteiger partial charge on any atom is -0.479 e. The highest BCUT2D eigenvalue weighted by Crippen LogP contribution is 2.19. The number of aromatic nitrogens is 2. The normalized spacial score (nSPS) is 11.8. The molecule has 0 fully saturated rings. The van der Waals surface area contributed by atoms with Crippen LogP contribution in [0, 0.1) is 0 Å². The van der Waals surface area contributed by atoms with E-state index in [9.17, 15) is 19.2 Å². The number of aromatic amines is 2. The van der Waals surface area contributed by atoms with Crippen molar-refractivity contribution in [3.05, 3.63) is 55.0 Å². The third-order valence-electron chi connectivity index (χ3n) is 2.36. The number of nitrogens with one attached hydrogen (secondary N) is 3. The molecule has 1 atom stereocenters. The number of carboxylic acids is 1. The summed E-state index contributed by atoms with van der Waals surface area (Å²) < 4.78 is 0. The summed E-state index contributed by atoms with van der Waals surface area (Å²) in [6.07, 6.45) is 0. The third kappa shape index (κ3) is 3.01. The molecular weight excluding hydrogens is 286 g/mol. The molecule has 0 aliphatic rings. The van der Waals surface area contributed by atoms with Crippen LogP contribution in [-0.2, 0) is 4.79 Å². The number of carboxylic acid groups (broad SMARTS) is 1. The molecule has 0 aliphatic carbocycles. The van der Waals surface area contributed by atoms with Crippen LogP contribution in [0.25, 0.3) is 0 Å². The third-order valence-corrected chi connectivity index (χ3v) is 3.29. The van der Waals surface area contributed by atoms with Gasteiger partial charge in [0.05, 0.1) is 0 Å². The second-order valence-electron chi connectivity index (χ2n) is 3.76. The first kappa shape index (κ1) is 13.7. The van der Waals surface area contributed by atoms with E-state index in [1.165, 1.54) is 11.3 Å². The highest BCUT2D eigenvalue weighted by atomic mass is 32.1. The van der Waals surface area contributed by atoms with Crippen LogP contribution in [-0.4, -0.2) is 27.0 Å². The zero-order chi connectivity index (χ0) is 14.7. The van der Waals surface area contributed by atoms with E-state index in [2.05, 4.69) is 10.3 Å². The lowest BCUT2D eigenvalue weighted by Gasteiger charge is -2.12. The van der Waals surface area contributed by atoms with E-state index >= 15 is 0 Å². The number of carbonyl (C=O) groups excluding carboxylic acids is 1. The Morgan fingerprint density at radius 1 is 1.30 bits per heavy atom. The molecule has 1 amide bonds. The maximum Gasteiger partial charge on any atom is 0.331 e. The van der Waals surface area contributed by atoms with E-state index in [0.717, 1.165) is 6.07 Å². The SMILES string of the molecule is O=C(NC(C(=O)O)c1cccs1)c1cc(=O)[nH]c(=O)[nH]1. The van der Waals surface area contributed by atoms with Crippen molar-refractivity contribution in [1.29, 1.82) is 0 Å². The molecule has 4 N–H and O–H groups in total. The molecule has 0 aromatic carbocycles. The van der Waals surface area contributed by atoms with Gasteiger partial charge in [-0.05, 0) is 11.4 Å². The molecule has 0 aliphatic heterocycles. The maximum atomic E-state index is 11.9. The Hall–Kier alpha value is -2.68. The fraction of sp³-hybridized carbons (Fsp3) is 0.0909. The van der Waals surface area contributed by atoms with E-state index in [0.29, 0.717) is 4.88 Å². The molecule has 2 rings (SSSR count). The van der Waals surface area contributed by atoms with Gasteiger partial charge in [-0.3, -0.25) is 14.6 Å². The molecular formula is C11H9N3O5S. The zero-order valence-corrected chi connectivity index (χ0v) is 10.7. The molecule has 104 valence electrons. The molecule has 8 nitrogen and oxygen atoms in total. The Bertz CT molecular complexity index is 718. The van der Waals surface area contributed by atoms with E-state index < -0.39 is 29.2 Å². The Morgan fingerprint density at radius 2 is 2.05 bits per heavy atom. The van der Waals surface area contributed by atoms with Gasteiger partial charge in [0.2, 0.25) is 0 Å². The second kappa shape index (κ2) is 5.53. The van der Waals surface area contributed by atoms with Crippen LogP contribution >= 0.6 is 11.3 Å². The molecule has 9 heteroatoms. The summed E-state index contributed by atoms with van der Waals surface area (Å²) >= 11 is 1.17. The summed E-state index contributed by atoms with van der Waals surface area (Å²) in [5, 5.41) is 13.0. The van der Waals surface area contributed by atoms with Gasteiger partial charge in [0.15, 0.2) is 6.04 Å². The maximum absolute atomic E-state index is 11.9. The number of carbonyl (C=O) groups is 2. The van der Waals surface area contributed by atoms with E-state index in [4.69, 9.17) is 5.11 Å². The number of amides is 1. The predicted octanol–water partition coefficient (Wildman–Crippen LogP) is -0.320. The Labute approximate surface area is 115 Å². The lowest BCUT2D eigenvalue weighted by atomic mass is 10.2. The van der Waals surface area contributed by atoms with Crippen molar-refractivity contribution in [3.63, 3.8) is 0 Å². The zero-order valence-electron chi connectivity index (χ0n) is 9.88. The van der Waals surface area contributed by atoms with Gasteiger partial charge in [-0.15, -0.1) is 11.3 Å². The number of rotatable bonds is 4. The number of H-pyrrole nitrogens is 2. The summed E-state index contributed by atoms with van der Waals surface area (Å²) in [6, 6.07) is 2.84. The van der Waals surface area contributed by atoms with Crippen LogP contribution in [0.3, 0.4) is 0 Å². The number of thiophene rings is 1. The first-order valence-corrected chi connectivity index (χ1v) is 6.26. The van der Waals surface area contributed by atoms with Crippen molar-refractivity contribution in [3.8, 4) is 0 Å². The number of hydrogen-bond acceptors (Lipinski definition) is 5. The average Bonchev–Trinajstić information content (AvgIpc) is 2.87. The highest BCUT2D eigenvalue weighted by molar-refractivity contribution is 7.10. The summed E-state index contributed by atoms with van der Waals surface area (Å²) in [5.41, 5.74) is -1.89. The van der Waals surface area contributed by atoms with Gasteiger partial charge < -0.3 is 15.4 Å². The van der Waals surface area contributed by atoms with Gasteiger partial charge in [0.1, 0.15) is 5.69 Å². The van der Waals surface area contributed by atoms with Crippen molar-refractivity contribution in [1.82, 2.24) is 15.3 Å². The molecule has 0 saturated carbocycles. The second-order valence-corrected chi connectivity index (χ2v) is 4.74. The first-order valence-electron chi connectivity index (χ1n) is 5.38. The molecule has 0 saturated heterocycles. The lowest BCUT2D eigenvalue weighted by molar-refractivity contribution is -0.139. The van der Waals surface area contributed by atoms with Crippen LogP contribution < -0.4 is 16.6 Å². The van der Waals surface area contributed by atoms with E-state index in [1.807, 2.05) is 4.98 Å². The minimum atomic E-state index is -1.25. The number of hydrogen-bond donors (Lipinski definition) is 4. The smallest absolute Gasteiger partial charge is 0.331 e. The summed E-state index contributed by atoms with van der Waals surface area (Å²) in [7, 11) is 0. The van der Waals surface area contributed by atoms with Crippen molar-refractivity contribution in [2.45, 2.75) is 6.04 Å². The summed E-state index contributed by atoms with van der Waals surface area (Å²) in [5.74, 6) is -2.10. The van der Waals surface area contributed by atoms with Crippen LogP contribution in [0.15, 0.2) is 33.2 Å². The van der Waals surface area contributed by atoms with Crippen molar-refractivity contribution < 1.29 is 14.7 Å². The monoisotopic (exact) mass is 295 g/mol. The minimum absolute atomic E-state index is 0.304. The topological polar surface area (TPSA) is 132 Å². The van der Waals surface area contributed by atoms with Crippen molar-refractivity contribution in [2.75, 3.05) is 0 Å². The fourth-order valence-corrected chi connectivity index (χ4v) is 2.28. The van der Waals surface area contributed by atoms with Crippen LogP contribution in [0.1, 0.15) is 21.4 Å². The molecule has 0 bridgehead atoms. The molecule has 0 spiro atoms. The Kier molecular flexibility index (Phi) is 3.80. The van der Waals surface area contributed by atoms with Gasteiger partial charge in [-0.2, -0.15) is 0 Å². The Balaban J connectivity index is 2.27. The highest BCUT2D eigenvalue weighted by Gasteiger charge is 2.24. The summed E-state index contributed by atoms with van der Waals surface area (Å²) in [6.45, 7) is 0. The molecule has 20 heavy (non-hydrogen) atoms. The first-order chi connectivity index (χ1) is 9.47. The van der Waals surface area contributed by atoms with Gasteiger partial charge in [-0.1, -0.05) is 6.07 Å². The number of aliphatic carboxylic acids is 1. The van der Waals surface area contributed by atoms with E-state index in [1.54, 1.807) is 17.5 Å². The van der Waals surface area contributed by atoms with Gasteiger partial charge >= 0.3 is 11.7 Å². The standard InChI is InChI=1S/C11H9N3O5S/c15-7-4-5(12-11(19)13-7)9(16)14-8(10(17)18)6-2-1-3-20-6/h1-4,8H,(H,14,16)(H,17,18)(H2,12,13,15,19). The quantitative estimate of drug-likeness (QED) is 0.613. The van der Waals surface area contributed by atoms with Gasteiger partial charge in [-0.25, -0.2) is 9.59 Å². The molecule has 0 radical (unpaired) electrons.